The quantitative estimate of drug-likeness (QED) is 0.757. The molecule has 1 aromatic rings. The van der Waals surface area contributed by atoms with Crippen molar-refractivity contribution in [3.8, 4) is 0 Å². The van der Waals surface area contributed by atoms with Crippen molar-refractivity contribution in [2.45, 2.75) is 26.8 Å². The summed E-state index contributed by atoms with van der Waals surface area (Å²) in [5.74, 6) is 0.469. The summed E-state index contributed by atoms with van der Waals surface area (Å²) in [6, 6.07) is 7.53. The highest BCUT2D eigenvalue weighted by Gasteiger charge is 2.03. The summed E-state index contributed by atoms with van der Waals surface area (Å²) in [6.45, 7) is 5.83. The van der Waals surface area contributed by atoms with Gasteiger partial charge >= 0.3 is 0 Å². The van der Waals surface area contributed by atoms with Crippen molar-refractivity contribution < 1.29 is 9.53 Å². The molecule has 1 rings (SSSR count). The topological polar surface area (TPSA) is 64.3 Å². The van der Waals surface area contributed by atoms with E-state index in [-0.39, 0.29) is 18.3 Å². The Kier molecular flexibility index (Phi) is 9.21. The van der Waals surface area contributed by atoms with Crippen molar-refractivity contribution in [3.63, 3.8) is 0 Å². The van der Waals surface area contributed by atoms with Crippen LogP contribution in [-0.2, 0) is 16.1 Å². The minimum absolute atomic E-state index is 0. The third-order valence-corrected chi connectivity index (χ3v) is 2.40. The van der Waals surface area contributed by atoms with E-state index >= 15 is 0 Å². The minimum Gasteiger partial charge on any atom is -0.381 e. The van der Waals surface area contributed by atoms with E-state index in [1.54, 1.807) is 0 Å². The molecule has 0 heterocycles. The van der Waals surface area contributed by atoms with Crippen molar-refractivity contribution in [1.29, 1.82) is 0 Å². The molecule has 0 saturated heterocycles. The Morgan fingerprint density at radius 3 is 2.47 bits per heavy atom. The van der Waals surface area contributed by atoms with E-state index in [1.165, 1.54) is 0 Å². The molecule has 0 unspecified atom stereocenters. The van der Waals surface area contributed by atoms with Gasteiger partial charge in [-0.25, -0.2) is 0 Å². The molecule has 0 aliphatic rings. The van der Waals surface area contributed by atoms with Crippen LogP contribution in [0.4, 0.5) is 5.69 Å². The number of hydrogen-bond acceptors (Lipinski definition) is 3. The lowest BCUT2D eigenvalue weighted by atomic mass is 10.2. The van der Waals surface area contributed by atoms with Gasteiger partial charge in [0, 0.05) is 18.8 Å². The van der Waals surface area contributed by atoms with Gasteiger partial charge in [-0.1, -0.05) is 26.0 Å². The molecule has 0 aliphatic carbocycles. The van der Waals surface area contributed by atoms with Gasteiger partial charge < -0.3 is 15.8 Å². The molecule has 0 aliphatic heterocycles. The van der Waals surface area contributed by atoms with Crippen LogP contribution in [0.25, 0.3) is 0 Å². The highest BCUT2D eigenvalue weighted by Crippen LogP contribution is 2.09. The van der Waals surface area contributed by atoms with Crippen LogP contribution in [0.1, 0.15) is 25.8 Å². The SMILES string of the molecule is CC(C)COCCC(=O)Nc1ccc(CN)cc1.Cl. The van der Waals surface area contributed by atoms with Gasteiger partial charge in [-0.2, -0.15) is 0 Å². The third-order valence-electron chi connectivity index (χ3n) is 2.40. The fourth-order valence-electron chi connectivity index (χ4n) is 1.43. The van der Waals surface area contributed by atoms with Gasteiger partial charge in [0.2, 0.25) is 5.91 Å². The van der Waals surface area contributed by atoms with Crippen LogP contribution in [-0.4, -0.2) is 19.1 Å². The molecule has 1 amide bonds. The van der Waals surface area contributed by atoms with Crippen LogP contribution >= 0.6 is 12.4 Å². The third kappa shape index (κ3) is 7.82. The van der Waals surface area contributed by atoms with Crippen molar-refractivity contribution >= 4 is 24.0 Å². The van der Waals surface area contributed by atoms with E-state index in [2.05, 4.69) is 19.2 Å². The summed E-state index contributed by atoms with van der Waals surface area (Å²) in [7, 11) is 0. The van der Waals surface area contributed by atoms with Crippen molar-refractivity contribution in [2.75, 3.05) is 18.5 Å². The maximum absolute atomic E-state index is 11.6. The molecule has 0 saturated carbocycles. The van der Waals surface area contributed by atoms with Gasteiger partial charge in [0.1, 0.15) is 0 Å². The number of nitrogens with one attached hydrogen (secondary N) is 1. The van der Waals surface area contributed by atoms with E-state index in [9.17, 15) is 4.79 Å². The van der Waals surface area contributed by atoms with Crippen LogP contribution in [0.5, 0.6) is 0 Å². The van der Waals surface area contributed by atoms with E-state index < -0.39 is 0 Å². The Hall–Kier alpha value is -1.10. The zero-order valence-electron chi connectivity index (χ0n) is 11.5. The second kappa shape index (κ2) is 9.78. The van der Waals surface area contributed by atoms with Crippen LogP contribution in [0.15, 0.2) is 24.3 Å². The first-order valence-corrected chi connectivity index (χ1v) is 6.28. The Balaban J connectivity index is 0.00000324. The number of benzene rings is 1. The van der Waals surface area contributed by atoms with Crippen LogP contribution in [0.3, 0.4) is 0 Å². The Labute approximate surface area is 121 Å². The molecule has 0 aromatic heterocycles. The monoisotopic (exact) mass is 286 g/mol. The zero-order valence-corrected chi connectivity index (χ0v) is 12.3. The second-order valence-electron chi connectivity index (χ2n) is 4.67. The van der Waals surface area contributed by atoms with Gasteiger partial charge in [0.25, 0.3) is 0 Å². The number of hydrogen-bond donors (Lipinski definition) is 2. The second-order valence-corrected chi connectivity index (χ2v) is 4.67. The normalized spacial score (nSPS) is 10.1. The van der Waals surface area contributed by atoms with Gasteiger partial charge in [0.15, 0.2) is 0 Å². The van der Waals surface area contributed by atoms with Crippen LogP contribution < -0.4 is 11.1 Å². The predicted molar refractivity (Wildman–Crippen MR) is 80.5 cm³/mol. The first-order valence-electron chi connectivity index (χ1n) is 6.28. The average Bonchev–Trinajstić information content (AvgIpc) is 2.35. The Bertz CT molecular complexity index is 366. The highest BCUT2D eigenvalue weighted by atomic mass is 35.5. The minimum atomic E-state index is -0.0285. The molecule has 19 heavy (non-hydrogen) atoms. The lowest BCUT2D eigenvalue weighted by molar-refractivity contribution is -0.117. The molecule has 0 atom stereocenters. The zero-order chi connectivity index (χ0) is 13.4. The van der Waals surface area contributed by atoms with E-state index in [1.807, 2.05) is 24.3 Å². The maximum Gasteiger partial charge on any atom is 0.226 e. The van der Waals surface area contributed by atoms with Crippen molar-refractivity contribution in [3.05, 3.63) is 29.8 Å². The lowest BCUT2D eigenvalue weighted by Crippen LogP contribution is -2.15. The fraction of sp³-hybridized carbons (Fsp3) is 0.500. The number of anilines is 1. The van der Waals surface area contributed by atoms with Crippen LogP contribution in [0, 0.1) is 5.92 Å². The molecule has 0 fully saturated rings. The van der Waals surface area contributed by atoms with Gasteiger partial charge in [0.05, 0.1) is 13.0 Å². The molecule has 108 valence electrons. The molecular weight excluding hydrogens is 264 g/mol. The fourth-order valence-corrected chi connectivity index (χ4v) is 1.43. The molecule has 1 aromatic carbocycles. The van der Waals surface area contributed by atoms with E-state index in [0.717, 1.165) is 11.3 Å². The number of rotatable bonds is 7. The Morgan fingerprint density at radius 1 is 1.32 bits per heavy atom. The molecule has 0 bridgehead atoms. The number of amides is 1. The average molecular weight is 287 g/mol. The summed E-state index contributed by atoms with van der Waals surface area (Å²) in [5.41, 5.74) is 7.34. The standard InChI is InChI=1S/C14H22N2O2.ClH/c1-11(2)10-18-8-7-14(17)16-13-5-3-12(9-15)4-6-13;/h3-6,11H,7-10,15H2,1-2H3,(H,16,17);1H. The molecule has 0 radical (unpaired) electrons. The van der Waals surface area contributed by atoms with Gasteiger partial charge in [-0.15, -0.1) is 12.4 Å². The molecule has 3 N–H and O–H groups in total. The molecule has 4 nitrogen and oxygen atoms in total. The molecule has 0 spiro atoms. The predicted octanol–water partition coefficient (Wildman–Crippen LogP) is 2.57. The van der Waals surface area contributed by atoms with Crippen molar-refractivity contribution in [1.82, 2.24) is 0 Å². The summed E-state index contributed by atoms with van der Waals surface area (Å²) in [6.07, 6.45) is 0.380. The van der Waals surface area contributed by atoms with Gasteiger partial charge in [-0.05, 0) is 23.6 Å². The summed E-state index contributed by atoms with van der Waals surface area (Å²) in [4.78, 5) is 11.6. The first-order chi connectivity index (χ1) is 8.61. The maximum atomic E-state index is 11.6. The largest absolute Gasteiger partial charge is 0.381 e. The van der Waals surface area contributed by atoms with Crippen molar-refractivity contribution in [2.24, 2.45) is 11.7 Å². The Morgan fingerprint density at radius 2 is 1.95 bits per heavy atom. The lowest BCUT2D eigenvalue weighted by Gasteiger charge is -2.08. The number of carbonyl (C=O) groups excluding carboxylic acids is 1. The first kappa shape index (κ1) is 17.9. The number of halogens is 1. The van der Waals surface area contributed by atoms with E-state index in [4.69, 9.17) is 10.5 Å². The van der Waals surface area contributed by atoms with Gasteiger partial charge in [-0.3, -0.25) is 4.79 Å². The smallest absolute Gasteiger partial charge is 0.226 e. The van der Waals surface area contributed by atoms with E-state index in [0.29, 0.717) is 32.1 Å². The number of carbonyl (C=O) groups is 1. The molecule has 5 heteroatoms. The number of ether oxygens (including phenoxy) is 1. The number of nitrogens with two attached hydrogens (primary N) is 1. The summed E-state index contributed by atoms with van der Waals surface area (Å²) >= 11 is 0. The highest BCUT2D eigenvalue weighted by molar-refractivity contribution is 5.90. The van der Waals surface area contributed by atoms with Crippen LogP contribution in [0.2, 0.25) is 0 Å². The summed E-state index contributed by atoms with van der Waals surface area (Å²) < 4.78 is 5.36. The molecular formula is C14H23ClN2O2. The summed E-state index contributed by atoms with van der Waals surface area (Å²) in [5, 5.41) is 2.82.